The van der Waals surface area contributed by atoms with Crippen LogP contribution in [0, 0.1) is 0 Å². The largest absolute Gasteiger partial charge is 0.507 e. The molecule has 0 heterocycles. The number of nitrogens with two attached hydrogens (primary N) is 1. The molecule has 1 aromatic carbocycles. The summed E-state index contributed by atoms with van der Waals surface area (Å²) in [6.45, 7) is 0. The van der Waals surface area contributed by atoms with Crippen LogP contribution >= 0.6 is 0 Å². The number of fused-ring (bicyclic) bond motifs is 1. The zero-order chi connectivity index (χ0) is 10.3. The number of aryl methyl sites for hydroxylation is 1. The summed E-state index contributed by atoms with van der Waals surface area (Å²) in [5.41, 5.74) is 7.25. The third kappa shape index (κ3) is 1.15. The van der Waals surface area contributed by atoms with E-state index in [1.54, 1.807) is 6.07 Å². The average Bonchev–Trinajstić information content (AvgIpc) is 2.48. The van der Waals surface area contributed by atoms with E-state index in [0.29, 0.717) is 5.56 Å². The lowest BCUT2D eigenvalue weighted by molar-refractivity contribution is 0.0693. The number of carboxylic acid groups (broad SMARTS) is 1. The molecule has 0 radical (unpaired) electrons. The van der Waals surface area contributed by atoms with Gasteiger partial charge in [-0.05, 0) is 24.5 Å². The average molecular weight is 193 g/mol. The van der Waals surface area contributed by atoms with Crippen LogP contribution in [0.5, 0.6) is 5.75 Å². The van der Waals surface area contributed by atoms with Gasteiger partial charge in [0.2, 0.25) is 0 Å². The zero-order valence-corrected chi connectivity index (χ0v) is 7.53. The molecule has 74 valence electrons. The van der Waals surface area contributed by atoms with Gasteiger partial charge in [-0.25, -0.2) is 4.79 Å². The van der Waals surface area contributed by atoms with Crippen molar-refractivity contribution in [3.63, 3.8) is 0 Å². The fourth-order valence-corrected chi connectivity index (χ4v) is 1.91. The van der Waals surface area contributed by atoms with E-state index in [4.69, 9.17) is 10.8 Å². The highest BCUT2D eigenvalue weighted by molar-refractivity contribution is 5.91. The Morgan fingerprint density at radius 2 is 2.21 bits per heavy atom. The Kier molecular flexibility index (Phi) is 1.93. The quantitative estimate of drug-likeness (QED) is 0.622. The number of rotatable bonds is 1. The molecule has 0 amide bonds. The molecule has 0 spiro atoms. The predicted molar refractivity (Wildman–Crippen MR) is 50.3 cm³/mol. The van der Waals surface area contributed by atoms with Crippen LogP contribution in [0.1, 0.15) is 33.9 Å². The number of phenols is 1. The van der Waals surface area contributed by atoms with E-state index in [1.807, 2.05) is 0 Å². The van der Waals surface area contributed by atoms with E-state index < -0.39 is 5.97 Å². The number of hydrogen-bond donors (Lipinski definition) is 3. The van der Waals surface area contributed by atoms with Crippen molar-refractivity contribution in [1.29, 1.82) is 0 Å². The van der Waals surface area contributed by atoms with Crippen molar-refractivity contribution in [3.8, 4) is 5.75 Å². The molecule has 1 aliphatic carbocycles. The molecule has 14 heavy (non-hydrogen) atoms. The molecule has 1 atom stereocenters. The van der Waals surface area contributed by atoms with Crippen molar-refractivity contribution in [2.24, 2.45) is 5.73 Å². The van der Waals surface area contributed by atoms with Gasteiger partial charge >= 0.3 is 5.97 Å². The van der Waals surface area contributed by atoms with Gasteiger partial charge in [-0.2, -0.15) is 0 Å². The van der Waals surface area contributed by atoms with Gasteiger partial charge in [-0.15, -0.1) is 0 Å². The smallest absolute Gasteiger partial charge is 0.339 e. The zero-order valence-electron chi connectivity index (χ0n) is 7.53. The number of benzene rings is 1. The van der Waals surface area contributed by atoms with Gasteiger partial charge in [0.15, 0.2) is 0 Å². The van der Waals surface area contributed by atoms with Crippen LogP contribution in [0.15, 0.2) is 12.1 Å². The highest BCUT2D eigenvalue weighted by Gasteiger charge is 2.25. The molecule has 0 saturated carbocycles. The standard InChI is InChI=1S/C10H11NO3/c11-7-4-2-5-1-3-6(10(13)14)9(12)8(5)7/h1,3,7,12H,2,4,11H2,(H,13,14). The number of aromatic hydroxyl groups is 1. The van der Waals surface area contributed by atoms with Crippen LogP contribution < -0.4 is 5.73 Å². The summed E-state index contributed by atoms with van der Waals surface area (Å²) in [5.74, 6) is -1.29. The summed E-state index contributed by atoms with van der Waals surface area (Å²) in [7, 11) is 0. The van der Waals surface area contributed by atoms with Crippen LogP contribution in [0.3, 0.4) is 0 Å². The van der Waals surface area contributed by atoms with Gasteiger partial charge in [0.05, 0.1) is 0 Å². The van der Waals surface area contributed by atoms with Gasteiger partial charge in [0, 0.05) is 11.6 Å². The first-order valence-electron chi connectivity index (χ1n) is 4.45. The second-order valence-electron chi connectivity index (χ2n) is 3.48. The molecule has 0 saturated heterocycles. The fraction of sp³-hybridized carbons (Fsp3) is 0.300. The Hall–Kier alpha value is -1.55. The molecule has 1 aromatic rings. The van der Waals surface area contributed by atoms with E-state index in [2.05, 4.69) is 0 Å². The first-order valence-corrected chi connectivity index (χ1v) is 4.45. The first kappa shape index (κ1) is 9.02. The normalized spacial score (nSPS) is 19.4. The Balaban J connectivity index is 2.61. The van der Waals surface area contributed by atoms with Crippen molar-refractivity contribution in [1.82, 2.24) is 0 Å². The van der Waals surface area contributed by atoms with Gasteiger partial charge in [0.1, 0.15) is 11.3 Å². The van der Waals surface area contributed by atoms with Gasteiger partial charge in [0.25, 0.3) is 0 Å². The lowest BCUT2D eigenvalue weighted by Gasteiger charge is -2.09. The minimum atomic E-state index is -1.12. The van der Waals surface area contributed by atoms with E-state index in [0.717, 1.165) is 18.4 Å². The van der Waals surface area contributed by atoms with Crippen LogP contribution in [0.25, 0.3) is 0 Å². The van der Waals surface area contributed by atoms with E-state index in [9.17, 15) is 9.90 Å². The maximum Gasteiger partial charge on any atom is 0.339 e. The highest BCUT2D eigenvalue weighted by atomic mass is 16.4. The summed E-state index contributed by atoms with van der Waals surface area (Å²) in [4.78, 5) is 10.7. The molecular weight excluding hydrogens is 182 g/mol. The molecule has 1 aliphatic rings. The monoisotopic (exact) mass is 193 g/mol. The van der Waals surface area contributed by atoms with Crippen molar-refractivity contribution in [2.45, 2.75) is 18.9 Å². The Labute approximate surface area is 81.0 Å². The number of aromatic carboxylic acids is 1. The van der Waals surface area contributed by atoms with Crippen LogP contribution in [0.4, 0.5) is 0 Å². The molecule has 4 nitrogen and oxygen atoms in total. The fourth-order valence-electron chi connectivity index (χ4n) is 1.91. The number of hydrogen-bond acceptors (Lipinski definition) is 3. The summed E-state index contributed by atoms with van der Waals surface area (Å²) >= 11 is 0. The SMILES string of the molecule is NC1CCc2ccc(C(=O)O)c(O)c21. The Bertz CT molecular complexity index is 401. The van der Waals surface area contributed by atoms with Crippen LogP contribution in [-0.4, -0.2) is 16.2 Å². The van der Waals surface area contributed by atoms with Gasteiger partial charge in [-0.3, -0.25) is 0 Å². The lowest BCUT2D eigenvalue weighted by Crippen LogP contribution is -2.07. The maximum absolute atomic E-state index is 10.7. The van der Waals surface area contributed by atoms with Crippen molar-refractivity contribution in [3.05, 3.63) is 28.8 Å². The van der Waals surface area contributed by atoms with Gasteiger partial charge in [-0.1, -0.05) is 6.07 Å². The summed E-state index contributed by atoms with van der Waals surface area (Å²) in [5, 5.41) is 18.5. The molecule has 0 bridgehead atoms. The molecular formula is C10H11NO3. The number of carboxylic acids is 1. The second kappa shape index (κ2) is 2.99. The second-order valence-corrected chi connectivity index (χ2v) is 3.48. The maximum atomic E-state index is 10.7. The molecule has 1 unspecified atom stereocenters. The van der Waals surface area contributed by atoms with Crippen LogP contribution in [-0.2, 0) is 6.42 Å². The summed E-state index contributed by atoms with van der Waals surface area (Å²) < 4.78 is 0. The number of carbonyl (C=O) groups is 1. The molecule has 0 fully saturated rings. The minimum absolute atomic E-state index is 0.0684. The van der Waals surface area contributed by atoms with E-state index in [1.165, 1.54) is 6.07 Å². The molecule has 2 rings (SSSR count). The van der Waals surface area contributed by atoms with E-state index >= 15 is 0 Å². The molecule has 4 N–H and O–H groups in total. The summed E-state index contributed by atoms with van der Waals surface area (Å²) in [6.07, 6.45) is 1.58. The molecule has 4 heteroatoms. The summed E-state index contributed by atoms with van der Waals surface area (Å²) in [6, 6.07) is 2.92. The topological polar surface area (TPSA) is 83.6 Å². The molecule has 0 aliphatic heterocycles. The van der Waals surface area contributed by atoms with Crippen LogP contribution in [0.2, 0.25) is 0 Å². The van der Waals surface area contributed by atoms with Crippen molar-refractivity contribution in [2.75, 3.05) is 0 Å². The predicted octanol–water partition coefficient (Wildman–Crippen LogP) is 1.04. The Morgan fingerprint density at radius 3 is 2.86 bits per heavy atom. The highest BCUT2D eigenvalue weighted by Crippen LogP contribution is 2.37. The minimum Gasteiger partial charge on any atom is -0.507 e. The first-order chi connectivity index (χ1) is 6.61. The lowest BCUT2D eigenvalue weighted by atomic mass is 10.0. The molecule has 0 aromatic heterocycles. The third-order valence-electron chi connectivity index (χ3n) is 2.63. The van der Waals surface area contributed by atoms with Crippen molar-refractivity contribution >= 4 is 5.97 Å². The van der Waals surface area contributed by atoms with Crippen molar-refractivity contribution < 1.29 is 15.0 Å². The third-order valence-corrected chi connectivity index (χ3v) is 2.63. The van der Waals surface area contributed by atoms with E-state index in [-0.39, 0.29) is 17.4 Å². The Morgan fingerprint density at radius 1 is 1.50 bits per heavy atom. The van der Waals surface area contributed by atoms with Gasteiger partial charge < -0.3 is 15.9 Å².